The number of anilines is 1. The van der Waals surface area contributed by atoms with Crippen LogP contribution in [0.4, 0.5) is 5.69 Å². The molecule has 1 atom stereocenters. The number of carbonyl (C=O) groups is 2. The summed E-state index contributed by atoms with van der Waals surface area (Å²) in [4.78, 5) is 36.6. The number of Topliss-reactive ketones (excluding diaryl/α,β-unsaturated/α-hetero) is 1. The van der Waals surface area contributed by atoms with E-state index in [1.807, 2.05) is 32.9 Å². The Hall–Kier alpha value is -4.08. The maximum atomic E-state index is 14.1. The molecule has 9 nitrogen and oxygen atoms in total. The molecule has 0 spiro atoms. The van der Waals surface area contributed by atoms with Crippen LogP contribution >= 0.6 is 23.2 Å². The number of aromatic nitrogens is 3. The molecule has 0 aliphatic heterocycles. The molecule has 218 valence electrons. The highest BCUT2D eigenvalue weighted by Crippen LogP contribution is 2.45. The second-order valence-electron chi connectivity index (χ2n) is 10.3. The summed E-state index contributed by atoms with van der Waals surface area (Å²) in [6.07, 6.45) is 1.88. The first-order chi connectivity index (χ1) is 20.1. The normalized spacial score (nSPS) is 14.2. The van der Waals surface area contributed by atoms with Crippen molar-refractivity contribution in [2.45, 2.75) is 39.0 Å². The average molecular weight is 610 g/mol. The van der Waals surface area contributed by atoms with Gasteiger partial charge in [-0.05, 0) is 53.8 Å². The molecule has 1 aliphatic rings. The first-order valence-corrected chi connectivity index (χ1v) is 14.0. The first-order valence-electron chi connectivity index (χ1n) is 13.3. The summed E-state index contributed by atoms with van der Waals surface area (Å²) in [5.74, 6) is -0.957. The third-order valence-corrected chi connectivity index (χ3v) is 7.79. The zero-order valence-corrected chi connectivity index (χ0v) is 25.6. The number of ether oxygens (including phenoxy) is 3. The number of methoxy groups -OCH3 is 3. The van der Waals surface area contributed by atoms with Crippen LogP contribution < -0.4 is 19.5 Å². The minimum absolute atomic E-state index is 0.0372. The fourth-order valence-corrected chi connectivity index (χ4v) is 5.85. The number of benzene rings is 2. The summed E-state index contributed by atoms with van der Waals surface area (Å²) in [6.45, 7) is 5.86. The molecule has 5 rings (SSSR count). The molecular weight excluding hydrogens is 579 g/mol. The number of nitrogens with one attached hydrogen (secondary N) is 1. The Morgan fingerprint density at radius 1 is 1.00 bits per heavy atom. The van der Waals surface area contributed by atoms with E-state index in [9.17, 15) is 9.59 Å². The number of hydrogen-bond donors (Lipinski definition) is 1. The average Bonchev–Trinajstić information content (AvgIpc) is 3.50. The van der Waals surface area contributed by atoms with Gasteiger partial charge in [-0.25, -0.2) is 0 Å². The molecule has 1 unspecified atom stereocenters. The van der Waals surface area contributed by atoms with Crippen molar-refractivity contribution < 1.29 is 23.8 Å². The monoisotopic (exact) mass is 608 g/mol. The van der Waals surface area contributed by atoms with Crippen LogP contribution in [0.1, 0.15) is 64.0 Å². The van der Waals surface area contributed by atoms with Gasteiger partial charge in [-0.1, -0.05) is 49.2 Å². The number of hydrogen-bond acceptors (Lipinski definition) is 7. The summed E-state index contributed by atoms with van der Waals surface area (Å²) in [5.41, 5.74) is 4.99. The lowest BCUT2D eigenvalue weighted by Gasteiger charge is -2.21. The molecule has 11 heteroatoms. The zero-order valence-electron chi connectivity index (χ0n) is 24.0. The van der Waals surface area contributed by atoms with Gasteiger partial charge in [0.25, 0.3) is 5.91 Å². The number of fused-ring (bicyclic) bond motifs is 1. The fraction of sp³-hybridized carbons (Fsp3) is 0.290. The van der Waals surface area contributed by atoms with E-state index in [1.165, 1.54) is 21.3 Å². The van der Waals surface area contributed by atoms with Crippen LogP contribution in [-0.2, 0) is 11.2 Å². The van der Waals surface area contributed by atoms with E-state index in [0.29, 0.717) is 38.2 Å². The topological polar surface area (TPSA) is 105 Å². The van der Waals surface area contributed by atoms with Crippen LogP contribution in [0.5, 0.6) is 17.8 Å². The Morgan fingerprint density at radius 2 is 1.64 bits per heavy atom. The van der Waals surface area contributed by atoms with Crippen LogP contribution in [0.3, 0.4) is 0 Å². The number of aryl methyl sites for hydroxylation is 1. The Kier molecular flexibility index (Phi) is 8.17. The second kappa shape index (κ2) is 11.7. The van der Waals surface area contributed by atoms with E-state index in [4.69, 9.17) is 37.4 Å². The highest BCUT2D eigenvalue weighted by Gasteiger charge is 2.39. The van der Waals surface area contributed by atoms with Crippen molar-refractivity contribution in [1.29, 1.82) is 0 Å². The maximum Gasteiger partial charge on any atom is 0.322 e. The SMILES string of the molecule is COc1nc(OC)c(-n2cc(C(=O)Nc3cc(Cl)ccc3C)c(C3C(=O)Cc4cc(Cl)ccc43)c2C(C)C)c(OC)n1. The van der Waals surface area contributed by atoms with Crippen molar-refractivity contribution in [3.8, 4) is 23.5 Å². The standard InChI is InChI=1S/C31H30Cl2N4O5/c1-15(2)26-25(24-20-10-9-18(32)11-17(20)12-23(24)38)21(28(39)34-22-13-19(33)8-7-16(22)3)14-37(26)27-29(40-4)35-31(42-6)36-30(27)41-5/h7-11,13-15,24H,12H2,1-6H3,(H,34,39). The van der Waals surface area contributed by atoms with E-state index in [-0.39, 0.29) is 35.9 Å². The van der Waals surface area contributed by atoms with Gasteiger partial charge in [0.2, 0.25) is 11.8 Å². The molecule has 0 bridgehead atoms. The van der Waals surface area contributed by atoms with E-state index >= 15 is 0 Å². The third-order valence-electron chi connectivity index (χ3n) is 7.32. The van der Waals surface area contributed by atoms with Crippen LogP contribution in [-0.4, -0.2) is 47.6 Å². The molecule has 0 radical (unpaired) electrons. The molecule has 1 amide bonds. The largest absolute Gasteiger partial charge is 0.479 e. The van der Waals surface area contributed by atoms with E-state index in [2.05, 4.69) is 15.3 Å². The smallest absolute Gasteiger partial charge is 0.322 e. The Balaban J connectivity index is 1.81. The fourth-order valence-electron chi connectivity index (χ4n) is 5.48. The van der Waals surface area contributed by atoms with Gasteiger partial charge in [-0.3, -0.25) is 9.59 Å². The molecule has 0 fully saturated rings. The number of nitrogens with zero attached hydrogens (tertiary/aromatic N) is 3. The zero-order chi connectivity index (χ0) is 30.3. The minimum Gasteiger partial charge on any atom is -0.479 e. The summed E-state index contributed by atoms with van der Waals surface area (Å²) < 4.78 is 18.3. The molecule has 1 N–H and O–H groups in total. The summed E-state index contributed by atoms with van der Waals surface area (Å²) in [7, 11) is 4.39. The van der Waals surface area contributed by atoms with Crippen molar-refractivity contribution >= 4 is 40.6 Å². The summed E-state index contributed by atoms with van der Waals surface area (Å²) in [5, 5.41) is 4.03. The van der Waals surface area contributed by atoms with Gasteiger partial charge in [0, 0.05) is 39.6 Å². The number of carbonyl (C=O) groups excluding carboxylic acids is 2. The van der Waals surface area contributed by atoms with Gasteiger partial charge >= 0.3 is 6.01 Å². The van der Waals surface area contributed by atoms with Crippen molar-refractivity contribution in [3.63, 3.8) is 0 Å². The molecule has 42 heavy (non-hydrogen) atoms. The van der Waals surface area contributed by atoms with Gasteiger partial charge in [0.1, 0.15) is 5.78 Å². The third kappa shape index (κ3) is 5.18. The molecule has 4 aromatic rings. The first kappa shape index (κ1) is 29.4. The molecule has 2 aromatic heterocycles. The number of ketones is 1. The lowest BCUT2D eigenvalue weighted by molar-refractivity contribution is -0.118. The maximum absolute atomic E-state index is 14.1. The van der Waals surface area contributed by atoms with E-state index in [1.54, 1.807) is 35.0 Å². The van der Waals surface area contributed by atoms with Crippen molar-refractivity contribution in [2.75, 3.05) is 26.6 Å². The van der Waals surface area contributed by atoms with Crippen LogP contribution in [0.25, 0.3) is 5.69 Å². The molecule has 0 saturated carbocycles. The number of rotatable bonds is 8. The predicted molar refractivity (Wildman–Crippen MR) is 161 cm³/mol. The second-order valence-corrected chi connectivity index (χ2v) is 11.1. The number of amides is 1. The van der Waals surface area contributed by atoms with Crippen LogP contribution in [0.15, 0.2) is 42.6 Å². The Bertz CT molecular complexity index is 1690. The van der Waals surface area contributed by atoms with Gasteiger partial charge in [-0.2, -0.15) is 9.97 Å². The van der Waals surface area contributed by atoms with Gasteiger partial charge in [-0.15, -0.1) is 0 Å². The Labute approximate surface area is 253 Å². The molecule has 2 heterocycles. The highest BCUT2D eigenvalue weighted by molar-refractivity contribution is 6.31. The quantitative estimate of drug-likeness (QED) is 0.242. The lowest BCUT2D eigenvalue weighted by Crippen LogP contribution is -2.18. The molecule has 2 aromatic carbocycles. The predicted octanol–water partition coefficient (Wildman–Crippen LogP) is 6.54. The van der Waals surface area contributed by atoms with E-state index in [0.717, 1.165) is 16.7 Å². The van der Waals surface area contributed by atoms with Crippen LogP contribution in [0, 0.1) is 6.92 Å². The van der Waals surface area contributed by atoms with Gasteiger partial charge in [0.05, 0.1) is 32.8 Å². The van der Waals surface area contributed by atoms with Crippen LogP contribution in [0.2, 0.25) is 10.0 Å². The van der Waals surface area contributed by atoms with Crippen molar-refractivity contribution in [2.24, 2.45) is 0 Å². The number of halogens is 2. The Morgan fingerprint density at radius 3 is 2.26 bits per heavy atom. The molecular formula is C31H30Cl2N4O5. The lowest BCUT2D eigenvalue weighted by atomic mass is 9.86. The minimum atomic E-state index is -0.701. The summed E-state index contributed by atoms with van der Waals surface area (Å²) in [6, 6.07) is 10.7. The molecule has 0 saturated heterocycles. The molecule has 1 aliphatic carbocycles. The van der Waals surface area contributed by atoms with Gasteiger partial charge < -0.3 is 24.1 Å². The van der Waals surface area contributed by atoms with E-state index < -0.39 is 11.8 Å². The van der Waals surface area contributed by atoms with Crippen molar-refractivity contribution in [3.05, 3.63) is 86.2 Å². The summed E-state index contributed by atoms with van der Waals surface area (Å²) >= 11 is 12.5. The van der Waals surface area contributed by atoms with Crippen molar-refractivity contribution in [1.82, 2.24) is 14.5 Å². The van der Waals surface area contributed by atoms with Gasteiger partial charge in [0.15, 0.2) is 5.69 Å². The highest BCUT2D eigenvalue weighted by atomic mass is 35.5.